The number of esters is 4. The molecule has 5 atom stereocenters. The van der Waals surface area contributed by atoms with Crippen LogP contribution >= 0.6 is 15.6 Å². The fraction of sp³-hybridized carbons (Fsp3) is 0.949. The van der Waals surface area contributed by atoms with E-state index in [-0.39, 0.29) is 25.7 Å². The number of rotatable bonds is 78. The Balaban J connectivity index is 5.21. The van der Waals surface area contributed by atoms with Crippen LogP contribution < -0.4 is 0 Å². The molecule has 0 aliphatic heterocycles. The van der Waals surface area contributed by atoms with Gasteiger partial charge in [0.15, 0.2) is 12.2 Å². The molecule has 0 aromatic carbocycles. The molecule has 0 radical (unpaired) electrons. The van der Waals surface area contributed by atoms with Gasteiger partial charge in [0.1, 0.15) is 19.3 Å². The summed E-state index contributed by atoms with van der Waals surface area (Å²) in [6.45, 7) is 9.60. The number of hydrogen-bond acceptors (Lipinski definition) is 15. The van der Waals surface area contributed by atoms with E-state index >= 15 is 0 Å². The molecule has 2 unspecified atom stereocenters. The van der Waals surface area contributed by atoms with Crippen LogP contribution in [-0.4, -0.2) is 96.7 Å². The van der Waals surface area contributed by atoms with E-state index in [9.17, 15) is 43.2 Å². The number of hydrogen-bond donors (Lipinski definition) is 3. The Hall–Kier alpha value is -1.94. The summed E-state index contributed by atoms with van der Waals surface area (Å²) in [6.07, 6.45) is 59.7. The predicted molar refractivity (Wildman–Crippen MR) is 400 cm³/mol. The molecule has 98 heavy (non-hydrogen) atoms. The minimum Gasteiger partial charge on any atom is -0.462 e. The summed E-state index contributed by atoms with van der Waals surface area (Å²) < 4.78 is 68.6. The largest absolute Gasteiger partial charge is 0.472 e. The quantitative estimate of drug-likeness (QED) is 0.0222. The van der Waals surface area contributed by atoms with Gasteiger partial charge in [-0.05, 0) is 37.5 Å². The third-order valence-electron chi connectivity index (χ3n) is 18.5. The molecule has 0 saturated carbocycles. The van der Waals surface area contributed by atoms with Crippen LogP contribution in [0.1, 0.15) is 414 Å². The fourth-order valence-corrected chi connectivity index (χ4v) is 13.8. The first kappa shape index (κ1) is 96.1. The van der Waals surface area contributed by atoms with Crippen molar-refractivity contribution in [3.63, 3.8) is 0 Å². The first-order valence-corrected chi connectivity index (χ1v) is 44.0. The third kappa shape index (κ3) is 72.4. The maximum Gasteiger partial charge on any atom is 0.472 e. The molecule has 0 aliphatic rings. The smallest absolute Gasteiger partial charge is 0.462 e. The summed E-state index contributed by atoms with van der Waals surface area (Å²) in [4.78, 5) is 72.9. The molecule has 0 aromatic rings. The van der Waals surface area contributed by atoms with Crippen molar-refractivity contribution in [2.45, 2.75) is 432 Å². The summed E-state index contributed by atoms with van der Waals surface area (Å²) >= 11 is 0. The molecule has 0 spiro atoms. The van der Waals surface area contributed by atoms with Crippen molar-refractivity contribution in [1.82, 2.24) is 0 Å². The SMILES string of the molecule is CCCCCCCCCCCCCCCCC(=O)OC[C@H](COP(=O)(O)OC[C@@H](O)COP(=O)(O)OC[C@@H](COC(=O)CCCCCCCCCC(C)C)OC(=O)CCCCCCCCCCCCCCC)OC(=O)CCCCCCCCCCCCCCCCCCCCC(C)C. The van der Waals surface area contributed by atoms with E-state index in [2.05, 4.69) is 41.5 Å². The first-order chi connectivity index (χ1) is 47.4. The number of ether oxygens (including phenoxy) is 4. The van der Waals surface area contributed by atoms with E-state index in [0.29, 0.717) is 31.6 Å². The normalized spacial score (nSPS) is 13.9. The van der Waals surface area contributed by atoms with Crippen LogP contribution in [0.4, 0.5) is 0 Å². The van der Waals surface area contributed by atoms with Crippen molar-refractivity contribution in [3.05, 3.63) is 0 Å². The second-order valence-corrected chi connectivity index (χ2v) is 32.3. The molecule has 582 valence electrons. The van der Waals surface area contributed by atoms with E-state index in [1.165, 1.54) is 225 Å². The Morgan fingerprint density at radius 1 is 0.276 bits per heavy atom. The zero-order valence-corrected chi connectivity index (χ0v) is 65.9. The van der Waals surface area contributed by atoms with E-state index in [1.54, 1.807) is 0 Å². The Kier molecular flexibility index (Phi) is 69.3. The van der Waals surface area contributed by atoms with Gasteiger partial charge in [-0.25, -0.2) is 9.13 Å². The van der Waals surface area contributed by atoms with Gasteiger partial charge in [-0.3, -0.25) is 37.3 Å². The van der Waals surface area contributed by atoms with Crippen molar-refractivity contribution in [2.24, 2.45) is 11.8 Å². The number of phosphoric acid groups is 2. The number of aliphatic hydroxyl groups is 1. The van der Waals surface area contributed by atoms with E-state index in [1.807, 2.05) is 0 Å². The van der Waals surface area contributed by atoms with Gasteiger partial charge in [-0.2, -0.15) is 0 Å². The van der Waals surface area contributed by atoms with Gasteiger partial charge in [-0.15, -0.1) is 0 Å². The van der Waals surface area contributed by atoms with Crippen LogP contribution in [0.2, 0.25) is 0 Å². The molecule has 0 saturated heterocycles. The molecule has 0 fully saturated rings. The topological polar surface area (TPSA) is 237 Å². The van der Waals surface area contributed by atoms with Crippen LogP contribution in [0.5, 0.6) is 0 Å². The lowest BCUT2D eigenvalue weighted by Crippen LogP contribution is -2.30. The van der Waals surface area contributed by atoms with Gasteiger partial charge in [0, 0.05) is 25.7 Å². The first-order valence-electron chi connectivity index (χ1n) is 41.0. The van der Waals surface area contributed by atoms with Crippen molar-refractivity contribution in [1.29, 1.82) is 0 Å². The van der Waals surface area contributed by atoms with Gasteiger partial charge < -0.3 is 33.8 Å². The number of aliphatic hydroxyl groups excluding tert-OH is 1. The molecular formula is C79H154O17P2. The molecule has 0 aliphatic carbocycles. The number of carbonyl (C=O) groups is 4. The molecule has 0 amide bonds. The highest BCUT2D eigenvalue weighted by atomic mass is 31.2. The lowest BCUT2D eigenvalue weighted by Gasteiger charge is -2.21. The average Bonchev–Trinajstić information content (AvgIpc) is 1.04. The highest BCUT2D eigenvalue weighted by Crippen LogP contribution is 2.45. The Bertz CT molecular complexity index is 1890. The van der Waals surface area contributed by atoms with Crippen molar-refractivity contribution < 1.29 is 80.2 Å². The molecule has 17 nitrogen and oxygen atoms in total. The monoisotopic (exact) mass is 1440 g/mol. The second-order valence-electron chi connectivity index (χ2n) is 29.4. The molecule has 0 heterocycles. The Morgan fingerprint density at radius 3 is 0.694 bits per heavy atom. The third-order valence-corrected chi connectivity index (χ3v) is 20.4. The van der Waals surface area contributed by atoms with Crippen molar-refractivity contribution in [2.75, 3.05) is 39.6 Å². The minimum absolute atomic E-state index is 0.107. The van der Waals surface area contributed by atoms with Crippen LogP contribution in [0.15, 0.2) is 0 Å². The average molecular weight is 1440 g/mol. The fourth-order valence-electron chi connectivity index (χ4n) is 12.2. The molecule has 0 bridgehead atoms. The van der Waals surface area contributed by atoms with Gasteiger partial charge in [0.25, 0.3) is 0 Å². The highest BCUT2D eigenvalue weighted by Gasteiger charge is 2.30. The van der Waals surface area contributed by atoms with Gasteiger partial charge in [-0.1, -0.05) is 363 Å². The predicted octanol–water partition coefficient (Wildman–Crippen LogP) is 23.5. The molecule has 19 heteroatoms. The zero-order chi connectivity index (χ0) is 72.1. The summed E-state index contributed by atoms with van der Waals surface area (Å²) in [5.74, 6) is -0.585. The maximum absolute atomic E-state index is 13.1. The van der Waals surface area contributed by atoms with E-state index < -0.39 is 97.5 Å². The number of unbranched alkanes of at least 4 members (excludes halogenated alkanes) is 48. The minimum atomic E-state index is -4.96. The van der Waals surface area contributed by atoms with Crippen LogP contribution in [0, 0.1) is 11.8 Å². The second kappa shape index (κ2) is 70.7. The van der Waals surface area contributed by atoms with Crippen LogP contribution in [0.3, 0.4) is 0 Å². The highest BCUT2D eigenvalue weighted by molar-refractivity contribution is 7.47. The zero-order valence-electron chi connectivity index (χ0n) is 64.1. The molecule has 0 rings (SSSR count). The molecular weight excluding hydrogens is 1280 g/mol. The summed E-state index contributed by atoms with van der Waals surface area (Å²) in [5.41, 5.74) is 0. The van der Waals surface area contributed by atoms with Crippen LogP contribution in [0.25, 0.3) is 0 Å². The van der Waals surface area contributed by atoms with Gasteiger partial charge >= 0.3 is 39.5 Å². The van der Waals surface area contributed by atoms with E-state index in [0.717, 1.165) is 102 Å². The van der Waals surface area contributed by atoms with Crippen LogP contribution in [-0.2, 0) is 65.4 Å². The van der Waals surface area contributed by atoms with Crippen molar-refractivity contribution >= 4 is 39.5 Å². The standard InChI is InChI=1S/C79H154O17P2/c1-7-9-11-13-15-17-19-21-30-33-37-43-49-55-61-76(81)89-67-74(95-79(84)64-58-52-45-39-35-31-27-25-23-22-24-26-29-32-36-41-47-53-59-71(3)4)69-93-97(85,86)91-65-73(80)66-92-98(87,88)94-70-75(68-90-77(82)62-56-50-46-40-42-48-54-60-72(5)6)96-78(83)63-57-51-44-38-34-28-20-18-16-14-12-10-8-2/h71-75,80H,7-70H2,1-6H3,(H,85,86)(H,87,88)/t73-,74-,75-/m1/s1. The lowest BCUT2D eigenvalue weighted by molar-refractivity contribution is -0.161. The molecule has 0 aromatic heterocycles. The lowest BCUT2D eigenvalue weighted by atomic mass is 10.0. The number of phosphoric ester groups is 2. The molecule has 3 N–H and O–H groups in total. The summed E-state index contributed by atoms with van der Waals surface area (Å²) in [6, 6.07) is 0. The van der Waals surface area contributed by atoms with E-state index in [4.69, 9.17) is 37.0 Å². The summed E-state index contributed by atoms with van der Waals surface area (Å²) in [7, 11) is -9.91. The van der Waals surface area contributed by atoms with Gasteiger partial charge in [0.2, 0.25) is 0 Å². The Labute approximate surface area is 600 Å². The Morgan fingerprint density at radius 2 is 0.469 bits per heavy atom. The number of carbonyl (C=O) groups excluding carboxylic acids is 4. The maximum atomic E-state index is 13.1. The summed E-state index contributed by atoms with van der Waals surface area (Å²) in [5, 5.41) is 10.6. The van der Waals surface area contributed by atoms with Crippen molar-refractivity contribution in [3.8, 4) is 0 Å². The van der Waals surface area contributed by atoms with Gasteiger partial charge in [0.05, 0.1) is 26.4 Å².